The molecule has 2 saturated carbocycles. The van der Waals surface area contributed by atoms with Gasteiger partial charge in [-0.15, -0.1) is 0 Å². The van der Waals surface area contributed by atoms with Crippen LogP contribution in [0.1, 0.15) is 75.1 Å². The SMILES string of the molecule is COC(=O)N[C@H](C(=O)N1[C@@H]2C[C@@H]2C[C@H]1c1ncc(-c2ccc(-c3cccc4c(-c5cnc([C@@H]6C[C@H]7C[C@H]7N6C(=O)[C@@H](NC(=O)OC)C6CCOCC6)[nH]5)cccc34)cc2)[nH]1)C1CCOCC1. The number of likely N-dealkylation sites (tertiary alicyclic amines) is 2. The smallest absolute Gasteiger partial charge is 0.407 e. The Labute approximate surface area is 382 Å². The number of rotatable bonds is 11. The van der Waals surface area contributed by atoms with E-state index in [1.807, 2.05) is 22.2 Å². The van der Waals surface area contributed by atoms with Crippen LogP contribution in [0, 0.1) is 23.7 Å². The zero-order chi connectivity index (χ0) is 45.1. The summed E-state index contributed by atoms with van der Waals surface area (Å²) in [4.78, 5) is 74.4. The summed E-state index contributed by atoms with van der Waals surface area (Å²) in [5.74, 6) is 2.12. The number of amides is 4. The lowest BCUT2D eigenvalue weighted by atomic mass is 9.90. The van der Waals surface area contributed by atoms with Crippen LogP contribution in [0.3, 0.4) is 0 Å². The number of imidazole rings is 2. The van der Waals surface area contributed by atoms with E-state index in [2.05, 4.69) is 81.3 Å². The number of carbonyl (C=O) groups excluding carboxylic acids is 4. The summed E-state index contributed by atoms with van der Waals surface area (Å²) in [6.45, 7) is 2.24. The van der Waals surface area contributed by atoms with E-state index in [-0.39, 0.29) is 47.8 Å². The van der Waals surface area contributed by atoms with E-state index in [4.69, 9.17) is 28.9 Å². The Kier molecular flexibility index (Phi) is 11.2. The van der Waals surface area contributed by atoms with Gasteiger partial charge >= 0.3 is 12.2 Å². The fourth-order valence-corrected chi connectivity index (χ4v) is 11.5. The molecule has 6 aliphatic rings. The fourth-order valence-electron chi connectivity index (χ4n) is 11.5. The van der Waals surface area contributed by atoms with Crippen molar-refractivity contribution in [3.05, 3.63) is 84.7 Å². The van der Waals surface area contributed by atoms with Crippen molar-refractivity contribution < 1.29 is 38.1 Å². The molecule has 6 heterocycles. The van der Waals surface area contributed by atoms with Gasteiger partial charge in [-0.2, -0.15) is 0 Å². The molecule has 16 nitrogen and oxygen atoms in total. The second-order valence-corrected chi connectivity index (χ2v) is 18.9. The molecule has 4 saturated heterocycles. The summed E-state index contributed by atoms with van der Waals surface area (Å²) in [7, 11) is 2.64. The summed E-state index contributed by atoms with van der Waals surface area (Å²) in [6, 6.07) is 19.6. The topological polar surface area (TPSA) is 193 Å². The van der Waals surface area contributed by atoms with E-state index < -0.39 is 24.3 Å². The summed E-state index contributed by atoms with van der Waals surface area (Å²) in [5, 5.41) is 7.91. The molecule has 2 aromatic heterocycles. The standard InChI is InChI=1S/C50H56N8O8/c1-63-49(61)55-43(29-13-17-65-18-14-29)47(59)57-39-21-31(39)23-41(57)45-51-25-37(53-45)28-11-9-27(10-12-28)33-5-3-7-35-34(33)6-4-8-36(35)38-26-52-46(54-38)42-24-32-22-40(32)58(42)48(60)44(56-50(62)64-2)30-15-19-66-20-16-30/h3-12,25-26,29-32,39-44H,13-24H2,1-2H3,(H,51,53)(H,52,54)(H,55,61)(H,56,62)/t31-,32-,39-,40-,41+,42+,43+,44+/m1/s1. The van der Waals surface area contributed by atoms with Crippen LogP contribution in [-0.2, 0) is 28.5 Å². The highest BCUT2D eigenvalue weighted by molar-refractivity contribution is 6.04. The van der Waals surface area contributed by atoms with Gasteiger partial charge in [-0.05, 0) is 103 Å². The Morgan fingerprint density at radius 2 is 1.06 bits per heavy atom. The number of H-pyrrole nitrogens is 2. The molecule has 5 aromatic rings. The number of ether oxygens (including phenoxy) is 4. The van der Waals surface area contributed by atoms with E-state index in [0.29, 0.717) is 63.9 Å². The number of nitrogens with zero attached hydrogens (tertiary/aromatic N) is 4. The molecule has 4 N–H and O–H groups in total. The Morgan fingerprint density at radius 1 is 0.606 bits per heavy atom. The van der Waals surface area contributed by atoms with Gasteiger partial charge in [0.1, 0.15) is 23.7 Å². The lowest BCUT2D eigenvalue weighted by Crippen LogP contribution is -2.54. The number of alkyl carbamates (subject to hydrolysis) is 2. The molecule has 66 heavy (non-hydrogen) atoms. The first-order valence-electron chi connectivity index (χ1n) is 23.5. The monoisotopic (exact) mass is 896 g/mol. The van der Waals surface area contributed by atoms with Gasteiger partial charge in [-0.25, -0.2) is 19.6 Å². The summed E-state index contributed by atoms with van der Waals surface area (Å²) in [6.07, 6.45) is 8.87. The third kappa shape index (κ3) is 7.86. The maximum absolute atomic E-state index is 14.4. The normalized spacial score (nSPS) is 25.7. The second-order valence-electron chi connectivity index (χ2n) is 18.9. The van der Waals surface area contributed by atoms with Crippen molar-refractivity contribution in [2.24, 2.45) is 23.7 Å². The molecule has 4 amide bonds. The molecule has 0 unspecified atom stereocenters. The van der Waals surface area contributed by atoms with Crippen LogP contribution in [0.5, 0.6) is 0 Å². The highest BCUT2D eigenvalue weighted by atomic mass is 16.5. The maximum atomic E-state index is 14.4. The zero-order valence-electron chi connectivity index (χ0n) is 37.2. The van der Waals surface area contributed by atoms with Gasteiger partial charge in [-0.1, -0.05) is 60.7 Å². The number of aromatic amines is 2. The number of fused-ring (bicyclic) bond motifs is 3. The van der Waals surface area contributed by atoms with Gasteiger partial charge < -0.3 is 49.3 Å². The number of aromatic nitrogens is 4. The Balaban J connectivity index is 0.814. The molecule has 344 valence electrons. The van der Waals surface area contributed by atoms with Gasteiger partial charge in [0.05, 0.1) is 50.1 Å². The van der Waals surface area contributed by atoms with Gasteiger partial charge in [-0.3, -0.25) is 9.59 Å². The number of benzene rings is 3. The Bertz CT molecular complexity index is 2640. The van der Waals surface area contributed by atoms with Gasteiger partial charge in [0.15, 0.2) is 0 Å². The number of carbonyl (C=O) groups is 4. The molecule has 0 spiro atoms. The first-order chi connectivity index (χ1) is 32.3. The van der Waals surface area contributed by atoms with Crippen molar-refractivity contribution in [1.29, 1.82) is 0 Å². The van der Waals surface area contributed by atoms with Crippen LogP contribution in [0.15, 0.2) is 73.1 Å². The number of piperidine rings is 2. The molecule has 11 rings (SSSR count). The van der Waals surface area contributed by atoms with Crippen LogP contribution >= 0.6 is 0 Å². The summed E-state index contributed by atoms with van der Waals surface area (Å²) >= 11 is 0. The number of nitrogens with one attached hydrogen (secondary N) is 4. The highest BCUT2D eigenvalue weighted by Gasteiger charge is 2.58. The van der Waals surface area contributed by atoms with Crippen molar-refractivity contribution in [3.63, 3.8) is 0 Å². The van der Waals surface area contributed by atoms with E-state index in [1.54, 1.807) is 0 Å². The minimum absolute atomic E-state index is 0.0287. The molecule has 16 heteroatoms. The molecule has 0 radical (unpaired) electrons. The van der Waals surface area contributed by atoms with Crippen molar-refractivity contribution in [2.45, 2.75) is 87.6 Å². The van der Waals surface area contributed by atoms with E-state index in [9.17, 15) is 19.2 Å². The van der Waals surface area contributed by atoms with E-state index >= 15 is 0 Å². The van der Waals surface area contributed by atoms with Crippen LogP contribution in [0.25, 0.3) is 44.4 Å². The number of hydrogen-bond acceptors (Lipinski definition) is 10. The average molecular weight is 897 g/mol. The van der Waals surface area contributed by atoms with Crippen LogP contribution in [0.2, 0.25) is 0 Å². The van der Waals surface area contributed by atoms with Crippen LogP contribution < -0.4 is 10.6 Å². The van der Waals surface area contributed by atoms with Crippen molar-refractivity contribution in [2.75, 3.05) is 40.6 Å². The fraction of sp³-hybridized carbons (Fsp3) is 0.480. The van der Waals surface area contributed by atoms with Gasteiger partial charge in [0, 0.05) is 44.1 Å². The quantitative estimate of drug-likeness (QED) is 0.108. The minimum Gasteiger partial charge on any atom is -0.453 e. The highest BCUT2D eigenvalue weighted by Crippen LogP contribution is 2.55. The zero-order valence-corrected chi connectivity index (χ0v) is 37.2. The predicted molar refractivity (Wildman–Crippen MR) is 242 cm³/mol. The number of methoxy groups -OCH3 is 2. The maximum Gasteiger partial charge on any atom is 0.407 e. The predicted octanol–water partition coefficient (Wildman–Crippen LogP) is 6.91. The van der Waals surface area contributed by atoms with E-state index in [1.165, 1.54) is 14.2 Å². The Morgan fingerprint density at radius 3 is 1.58 bits per heavy atom. The molecule has 2 aliphatic carbocycles. The summed E-state index contributed by atoms with van der Waals surface area (Å²) in [5.41, 5.74) is 5.89. The largest absolute Gasteiger partial charge is 0.453 e. The van der Waals surface area contributed by atoms with Crippen LogP contribution in [-0.4, -0.2) is 119 Å². The second kappa shape index (κ2) is 17.5. The molecule has 4 aliphatic heterocycles. The number of hydrogen-bond donors (Lipinski definition) is 4. The molecule has 6 fully saturated rings. The average Bonchev–Trinajstić information content (AvgIpc) is 3.94. The molecule has 0 bridgehead atoms. The molecular weight excluding hydrogens is 841 g/mol. The lowest BCUT2D eigenvalue weighted by Gasteiger charge is -2.35. The van der Waals surface area contributed by atoms with Crippen LogP contribution in [0.4, 0.5) is 9.59 Å². The Hall–Kier alpha value is -6.26. The summed E-state index contributed by atoms with van der Waals surface area (Å²) < 4.78 is 21.0. The van der Waals surface area contributed by atoms with Crippen molar-refractivity contribution >= 4 is 34.8 Å². The first kappa shape index (κ1) is 42.4. The van der Waals surface area contributed by atoms with Gasteiger partial charge in [0.2, 0.25) is 11.8 Å². The van der Waals surface area contributed by atoms with Gasteiger partial charge in [0.25, 0.3) is 0 Å². The molecule has 3 aromatic carbocycles. The lowest BCUT2D eigenvalue weighted by molar-refractivity contribution is -0.138. The first-order valence-corrected chi connectivity index (χ1v) is 23.5. The van der Waals surface area contributed by atoms with E-state index in [0.717, 1.165) is 81.7 Å². The molecule has 8 atom stereocenters. The third-order valence-electron chi connectivity index (χ3n) is 15.2. The van der Waals surface area contributed by atoms with Crippen molar-refractivity contribution in [3.8, 4) is 33.6 Å². The van der Waals surface area contributed by atoms with Crippen molar-refractivity contribution in [1.82, 2.24) is 40.4 Å². The molecular formula is C50H56N8O8. The third-order valence-corrected chi connectivity index (χ3v) is 15.2. The minimum atomic E-state index is -0.689.